The van der Waals surface area contributed by atoms with E-state index in [0.29, 0.717) is 0 Å². The summed E-state index contributed by atoms with van der Waals surface area (Å²) in [6.45, 7) is 3.67. The van der Waals surface area contributed by atoms with E-state index in [-0.39, 0.29) is 11.9 Å². The van der Waals surface area contributed by atoms with Gasteiger partial charge < -0.3 is 14.2 Å². The maximum Gasteiger partial charge on any atom is 0.366 e. The van der Waals surface area contributed by atoms with Crippen LogP contribution in [0.15, 0.2) is 16.6 Å². The molecule has 0 spiro atoms. The minimum atomic E-state index is -3.35. The fraction of sp³-hybridized carbons (Fsp3) is 0.750. The van der Waals surface area contributed by atoms with Crippen LogP contribution < -0.4 is 0 Å². The first-order valence-electron chi connectivity index (χ1n) is 5.82. The van der Waals surface area contributed by atoms with Gasteiger partial charge in [-0.15, -0.1) is 5.73 Å². The molecular weight excluding hydrogens is 239 g/mol. The van der Waals surface area contributed by atoms with Gasteiger partial charge in [0, 0.05) is 14.2 Å². The summed E-state index contributed by atoms with van der Waals surface area (Å²) < 4.78 is 21.7. The smallest absolute Gasteiger partial charge is 0.366 e. The normalized spacial score (nSPS) is 11.1. The molecule has 1 N–H and O–H groups in total. The molecule has 0 bridgehead atoms. The number of aliphatic hydroxyl groups is 1. The predicted octanol–water partition coefficient (Wildman–Crippen LogP) is 3.47. The maximum atomic E-state index is 12.0. The molecule has 0 fully saturated rings. The third kappa shape index (κ3) is 5.67. The minimum Gasteiger partial charge on any atom is -0.391 e. The molecule has 0 aromatic heterocycles. The summed E-state index contributed by atoms with van der Waals surface area (Å²) in [4.78, 5) is 0. The Morgan fingerprint density at radius 3 is 2.29 bits per heavy atom. The third-order valence-corrected chi connectivity index (χ3v) is 4.35. The second-order valence-corrected chi connectivity index (χ2v) is 6.09. The molecule has 4 nitrogen and oxygen atoms in total. The lowest BCUT2D eigenvalue weighted by Gasteiger charge is -2.13. The first kappa shape index (κ1) is 16.6. The molecule has 0 saturated heterocycles. The summed E-state index contributed by atoms with van der Waals surface area (Å²) in [7, 11) is -0.750. The zero-order valence-electron chi connectivity index (χ0n) is 11.2. The van der Waals surface area contributed by atoms with Crippen molar-refractivity contribution in [2.24, 2.45) is 0 Å². The highest BCUT2D eigenvalue weighted by Crippen LogP contribution is 2.54. The highest BCUT2D eigenvalue weighted by atomic mass is 31.2. The summed E-state index contributed by atoms with van der Waals surface area (Å²) in [5.41, 5.74) is 3.89. The Balaban J connectivity index is 4.95. The average molecular weight is 262 g/mol. The van der Waals surface area contributed by atoms with Crippen LogP contribution in [0.3, 0.4) is 0 Å². The molecule has 0 radical (unpaired) electrons. The molecular formula is C12H23O4P. The van der Waals surface area contributed by atoms with Crippen LogP contribution in [-0.2, 0) is 13.6 Å². The lowest BCUT2D eigenvalue weighted by atomic mass is 10.1. The van der Waals surface area contributed by atoms with Crippen molar-refractivity contribution < 1.29 is 18.7 Å². The van der Waals surface area contributed by atoms with E-state index < -0.39 is 7.60 Å². The number of rotatable bonds is 8. The molecule has 0 aliphatic carbocycles. The molecule has 0 aromatic rings. The molecule has 100 valence electrons. The second kappa shape index (κ2) is 8.68. The van der Waals surface area contributed by atoms with Crippen LogP contribution in [0.2, 0.25) is 0 Å². The highest BCUT2D eigenvalue weighted by Gasteiger charge is 2.26. The van der Waals surface area contributed by atoms with E-state index in [4.69, 9.17) is 9.05 Å². The van der Waals surface area contributed by atoms with E-state index >= 15 is 0 Å². The first-order valence-corrected chi connectivity index (χ1v) is 7.36. The van der Waals surface area contributed by atoms with Crippen LogP contribution >= 0.6 is 7.60 Å². The van der Waals surface area contributed by atoms with Gasteiger partial charge in [-0.3, -0.25) is 4.57 Å². The molecule has 0 unspecified atom stereocenters. The van der Waals surface area contributed by atoms with Crippen molar-refractivity contribution in [1.29, 1.82) is 0 Å². The summed E-state index contributed by atoms with van der Waals surface area (Å²) in [5, 5.41) is 9.39. The van der Waals surface area contributed by atoms with Gasteiger partial charge in [-0.2, -0.15) is 0 Å². The molecule has 0 aliphatic heterocycles. The van der Waals surface area contributed by atoms with Crippen molar-refractivity contribution in [3.63, 3.8) is 0 Å². The molecule has 0 saturated carbocycles. The maximum absolute atomic E-state index is 12.0. The van der Waals surface area contributed by atoms with Crippen LogP contribution in [0, 0.1) is 0 Å². The predicted molar refractivity (Wildman–Crippen MR) is 69.1 cm³/mol. The van der Waals surface area contributed by atoms with Crippen molar-refractivity contribution in [2.75, 3.05) is 20.8 Å². The first-order chi connectivity index (χ1) is 8.03. The van der Waals surface area contributed by atoms with Gasteiger partial charge in [-0.25, -0.2) is 0 Å². The SMILES string of the molecule is CCCCCC(C)=C=C(CO)P(=O)(OC)OC. The van der Waals surface area contributed by atoms with Gasteiger partial charge in [-0.05, 0) is 25.3 Å². The lowest BCUT2D eigenvalue weighted by molar-refractivity contribution is 0.270. The molecule has 0 atom stereocenters. The Morgan fingerprint density at radius 1 is 1.29 bits per heavy atom. The third-order valence-electron chi connectivity index (χ3n) is 2.47. The molecule has 0 aromatic carbocycles. The fourth-order valence-corrected chi connectivity index (χ4v) is 2.53. The summed E-state index contributed by atoms with van der Waals surface area (Å²) >= 11 is 0. The summed E-state index contributed by atoms with van der Waals surface area (Å²) in [6.07, 6.45) is 4.25. The van der Waals surface area contributed by atoms with Gasteiger partial charge in [0.1, 0.15) is 5.31 Å². The van der Waals surface area contributed by atoms with E-state index in [0.717, 1.165) is 31.3 Å². The Morgan fingerprint density at radius 2 is 1.88 bits per heavy atom. The quantitative estimate of drug-likeness (QED) is 0.413. The van der Waals surface area contributed by atoms with E-state index in [1.54, 1.807) is 0 Å². The molecule has 0 amide bonds. The molecule has 0 heterocycles. The van der Waals surface area contributed by atoms with E-state index in [2.05, 4.69) is 12.7 Å². The largest absolute Gasteiger partial charge is 0.391 e. The van der Waals surface area contributed by atoms with Crippen LogP contribution in [0.1, 0.15) is 39.5 Å². The van der Waals surface area contributed by atoms with Crippen molar-refractivity contribution in [2.45, 2.75) is 39.5 Å². The molecule has 17 heavy (non-hydrogen) atoms. The van der Waals surface area contributed by atoms with Gasteiger partial charge in [0.15, 0.2) is 0 Å². The summed E-state index contributed by atoms with van der Waals surface area (Å²) in [5.74, 6) is 0. The fourth-order valence-electron chi connectivity index (χ4n) is 1.44. The van der Waals surface area contributed by atoms with Crippen LogP contribution in [0.25, 0.3) is 0 Å². The summed E-state index contributed by atoms with van der Waals surface area (Å²) in [6, 6.07) is 0. The van der Waals surface area contributed by atoms with Gasteiger partial charge in [0.25, 0.3) is 0 Å². The number of aliphatic hydroxyl groups excluding tert-OH is 1. The number of unbranched alkanes of at least 4 members (excludes halogenated alkanes) is 2. The average Bonchev–Trinajstić information content (AvgIpc) is 2.35. The molecule has 0 aliphatic rings. The number of hydrogen-bond donors (Lipinski definition) is 1. The Bertz CT molecular complexity index is 321. The minimum absolute atomic E-state index is 0.191. The van der Waals surface area contributed by atoms with Crippen molar-refractivity contribution in [1.82, 2.24) is 0 Å². The van der Waals surface area contributed by atoms with Gasteiger partial charge in [-0.1, -0.05) is 19.8 Å². The van der Waals surface area contributed by atoms with Gasteiger partial charge >= 0.3 is 7.60 Å². The van der Waals surface area contributed by atoms with Crippen LogP contribution in [0.5, 0.6) is 0 Å². The van der Waals surface area contributed by atoms with E-state index in [9.17, 15) is 9.67 Å². The Hall–Kier alpha value is -0.370. The molecule has 0 rings (SSSR count). The van der Waals surface area contributed by atoms with Crippen LogP contribution in [0.4, 0.5) is 0 Å². The Labute approximate surface area is 104 Å². The van der Waals surface area contributed by atoms with E-state index in [1.807, 2.05) is 6.92 Å². The Kier molecular flexibility index (Phi) is 8.49. The number of hydrogen-bond acceptors (Lipinski definition) is 4. The monoisotopic (exact) mass is 262 g/mol. The standard InChI is InChI=1S/C12H23O4P/c1-5-6-7-8-11(2)9-12(10-13)17(14,15-3)16-4/h13H,5-8,10H2,1-4H3. The van der Waals surface area contributed by atoms with Gasteiger partial charge in [0.2, 0.25) is 0 Å². The lowest BCUT2D eigenvalue weighted by Crippen LogP contribution is -1.96. The molecule has 5 heteroatoms. The van der Waals surface area contributed by atoms with Crippen LogP contribution in [-0.4, -0.2) is 25.9 Å². The zero-order valence-corrected chi connectivity index (χ0v) is 12.0. The van der Waals surface area contributed by atoms with Crippen molar-refractivity contribution in [3.05, 3.63) is 16.6 Å². The van der Waals surface area contributed by atoms with Crippen molar-refractivity contribution >= 4 is 7.60 Å². The van der Waals surface area contributed by atoms with E-state index in [1.165, 1.54) is 14.2 Å². The highest BCUT2D eigenvalue weighted by molar-refractivity contribution is 7.58. The zero-order chi connectivity index (χ0) is 13.3. The van der Waals surface area contributed by atoms with Crippen molar-refractivity contribution in [3.8, 4) is 0 Å². The second-order valence-electron chi connectivity index (χ2n) is 3.83. The topological polar surface area (TPSA) is 55.8 Å². The van der Waals surface area contributed by atoms with Gasteiger partial charge in [0.05, 0.1) is 6.61 Å².